The fraction of sp³-hybridized carbons (Fsp3) is 0.333. The molecule has 18 heavy (non-hydrogen) atoms. The van der Waals surface area contributed by atoms with Crippen LogP contribution in [0.4, 0.5) is 0 Å². The highest BCUT2D eigenvalue weighted by atomic mass is 16.5. The summed E-state index contributed by atoms with van der Waals surface area (Å²) in [5, 5.41) is 7.50. The molecule has 1 aromatic rings. The van der Waals surface area contributed by atoms with E-state index in [9.17, 15) is 0 Å². The van der Waals surface area contributed by atoms with E-state index in [4.69, 9.17) is 21.9 Å². The van der Waals surface area contributed by atoms with Gasteiger partial charge in [0.05, 0.1) is 6.61 Å². The number of ether oxygens (including phenoxy) is 1. The smallest absolute Gasteiger partial charge is 0.153 e. The van der Waals surface area contributed by atoms with Gasteiger partial charge in [0.2, 0.25) is 0 Å². The van der Waals surface area contributed by atoms with Gasteiger partial charge in [0.15, 0.2) is 5.84 Å². The first-order valence-electron chi connectivity index (χ1n) is 5.70. The maximum Gasteiger partial charge on any atom is 0.153 e. The van der Waals surface area contributed by atoms with Crippen LogP contribution in [0.3, 0.4) is 0 Å². The average Bonchev–Trinajstić information content (AvgIpc) is 2.37. The Morgan fingerprint density at radius 3 is 2.39 bits per heavy atom. The summed E-state index contributed by atoms with van der Waals surface area (Å²) in [6.07, 6.45) is 0.829. The lowest BCUT2D eigenvalue weighted by Gasteiger charge is -2.05. The molecule has 98 valence electrons. The molecule has 0 saturated heterocycles. The van der Waals surface area contributed by atoms with Crippen molar-refractivity contribution in [1.82, 2.24) is 0 Å². The SMILES string of the molecule is C/C(N)=N/N=C(\N)c1ccc(OCCCN)cc1. The number of hydrogen-bond acceptors (Lipinski definition) is 4. The van der Waals surface area contributed by atoms with Crippen LogP contribution < -0.4 is 21.9 Å². The first-order valence-corrected chi connectivity index (χ1v) is 5.70. The molecule has 0 fully saturated rings. The van der Waals surface area contributed by atoms with Crippen LogP contribution in [0.5, 0.6) is 5.75 Å². The van der Waals surface area contributed by atoms with E-state index < -0.39 is 0 Å². The summed E-state index contributed by atoms with van der Waals surface area (Å²) in [6.45, 7) is 2.87. The number of amidine groups is 2. The Bertz CT molecular complexity index is 421. The molecule has 6 nitrogen and oxygen atoms in total. The molecule has 0 heterocycles. The summed E-state index contributed by atoms with van der Waals surface area (Å²) in [7, 11) is 0. The van der Waals surface area contributed by atoms with Crippen LogP contribution in [-0.2, 0) is 0 Å². The Morgan fingerprint density at radius 1 is 1.17 bits per heavy atom. The predicted molar refractivity (Wildman–Crippen MR) is 73.6 cm³/mol. The molecule has 1 rings (SSSR count). The second-order valence-electron chi connectivity index (χ2n) is 3.74. The summed E-state index contributed by atoms with van der Waals surface area (Å²) in [6, 6.07) is 7.29. The normalized spacial score (nSPS) is 12.6. The topological polar surface area (TPSA) is 112 Å². The zero-order chi connectivity index (χ0) is 13.4. The largest absolute Gasteiger partial charge is 0.494 e. The molecule has 6 N–H and O–H groups in total. The van der Waals surface area contributed by atoms with Gasteiger partial charge in [-0.3, -0.25) is 0 Å². The van der Waals surface area contributed by atoms with Crippen LogP contribution in [0.25, 0.3) is 0 Å². The van der Waals surface area contributed by atoms with Crippen LogP contribution in [0.2, 0.25) is 0 Å². The lowest BCUT2D eigenvalue weighted by atomic mass is 10.2. The number of nitrogens with zero attached hydrogens (tertiary/aromatic N) is 2. The minimum atomic E-state index is 0.313. The second-order valence-corrected chi connectivity index (χ2v) is 3.74. The molecular formula is C12H19N5O. The molecule has 0 aliphatic carbocycles. The first kappa shape index (κ1) is 14.0. The van der Waals surface area contributed by atoms with Crippen molar-refractivity contribution >= 4 is 11.7 Å². The molecule has 0 radical (unpaired) electrons. The molecule has 0 unspecified atom stereocenters. The number of hydrogen-bond donors (Lipinski definition) is 3. The minimum Gasteiger partial charge on any atom is -0.494 e. The van der Waals surface area contributed by atoms with Gasteiger partial charge in [-0.1, -0.05) is 0 Å². The zero-order valence-corrected chi connectivity index (χ0v) is 10.5. The molecule has 0 atom stereocenters. The van der Waals surface area contributed by atoms with Gasteiger partial charge in [-0.25, -0.2) is 0 Å². The van der Waals surface area contributed by atoms with Crippen LogP contribution in [0.15, 0.2) is 34.5 Å². The highest BCUT2D eigenvalue weighted by Crippen LogP contribution is 2.12. The zero-order valence-electron chi connectivity index (χ0n) is 10.5. The van der Waals surface area contributed by atoms with Crippen molar-refractivity contribution < 1.29 is 4.74 Å². The lowest BCUT2D eigenvalue weighted by molar-refractivity contribution is 0.313. The number of benzene rings is 1. The van der Waals surface area contributed by atoms with E-state index in [2.05, 4.69) is 10.2 Å². The van der Waals surface area contributed by atoms with Crippen LogP contribution in [0.1, 0.15) is 18.9 Å². The summed E-state index contributed by atoms with van der Waals surface area (Å²) >= 11 is 0. The summed E-state index contributed by atoms with van der Waals surface area (Å²) in [5.74, 6) is 1.45. The molecule has 0 saturated carbocycles. The molecule has 0 amide bonds. The third kappa shape index (κ3) is 4.84. The van der Waals surface area contributed by atoms with E-state index in [-0.39, 0.29) is 0 Å². The van der Waals surface area contributed by atoms with Gasteiger partial charge in [-0.15, -0.1) is 10.2 Å². The quantitative estimate of drug-likeness (QED) is 0.293. The molecule has 1 aromatic carbocycles. The fourth-order valence-electron chi connectivity index (χ4n) is 1.19. The van der Waals surface area contributed by atoms with Gasteiger partial charge in [0.1, 0.15) is 11.6 Å². The van der Waals surface area contributed by atoms with Crippen molar-refractivity contribution in [3.8, 4) is 5.75 Å². The average molecular weight is 249 g/mol. The van der Waals surface area contributed by atoms with Gasteiger partial charge >= 0.3 is 0 Å². The van der Waals surface area contributed by atoms with Crippen LogP contribution >= 0.6 is 0 Å². The van der Waals surface area contributed by atoms with E-state index in [0.29, 0.717) is 24.8 Å². The summed E-state index contributed by atoms with van der Waals surface area (Å²) in [5.41, 5.74) is 17.3. The monoisotopic (exact) mass is 249 g/mol. The Hall–Kier alpha value is -2.08. The molecule has 0 spiro atoms. The maximum absolute atomic E-state index is 5.75. The van der Waals surface area contributed by atoms with Gasteiger partial charge in [0, 0.05) is 5.56 Å². The van der Waals surface area contributed by atoms with E-state index in [1.807, 2.05) is 24.3 Å². The van der Waals surface area contributed by atoms with Gasteiger partial charge in [-0.2, -0.15) is 0 Å². The summed E-state index contributed by atoms with van der Waals surface area (Å²) in [4.78, 5) is 0. The molecular weight excluding hydrogens is 230 g/mol. The van der Waals surface area contributed by atoms with Crippen LogP contribution in [-0.4, -0.2) is 24.8 Å². The van der Waals surface area contributed by atoms with Crippen molar-refractivity contribution in [3.63, 3.8) is 0 Å². The minimum absolute atomic E-state index is 0.313. The van der Waals surface area contributed by atoms with Gasteiger partial charge in [0.25, 0.3) is 0 Å². The third-order valence-electron chi connectivity index (χ3n) is 2.08. The number of rotatable bonds is 6. The molecule has 0 aromatic heterocycles. The highest BCUT2D eigenvalue weighted by molar-refractivity contribution is 5.97. The lowest BCUT2D eigenvalue weighted by Crippen LogP contribution is -2.14. The van der Waals surface area contributed by atoms with E-state index in [0.717, 1.165) is 17.7 Å². The number of nitrogens with two attached hydrogens (primary N) is 3. The van der Waals surface area contributed by atoms with Crippen molar-refractivity contribution in [2.75, 3.05) is 13.2 Å². The molecule has 0 aliphatic rings. The molecule has 0 bridgehead atoms. The van der Waals surface area contributed by atoms with Crippen molar-refractivity contribution in [2.45, 2.75) is 13.3 Å². The van der Waals surface area contributed by atoms with Crippen molar-refractivity contribution in [3.05, 3.63) is 29.8 Å². The van der Waals surface area contributed by atoms with E-state index >= 15 is 0 Å². The first-order chi connectivity index (χ1) is 8.63. The van der Waals surface area contributed by atoms with E-state index in [1.165, 1.54) is 0 Å². The van der Waals surface area contributed by atoms with Crippen molar-refractivity contribution in [2.24, 2.45) is 27.4 Å². The summed E-state index contributed by atoms with van der Waals surface area (Å²) < 4.78 is 5.47. The van der Waals surface area contributed by atoms with Crippen LogP contribution in [0, 0.1) is 0 Å². The van der Waals surface area contributed by atoms with Gasteiger partial charge < -0.3 is 21.9 Å². The molecule has 0 aliphatic heterocycles. The Kier molecular flexibility index (Phi) is 5.66. The Morgan fingerprint density at radius 2 is 1.83 bits per heavy atom. The maximum atomic E-state index is 5.75. The standard InChI is InChI=1S/C12H19N5O/c1-9(14)16-17-12(15)10-3-5-11(6-4-10)18-8-2-7-13/h3-6H,2,7-8,13H2,1H3,(H2,14,16)(H2,15,17). The fourth-order valence-corrected chi connectivity index (χ4v) is 1.19. The van der Waals surface area contributed by atoms with Gasteiger partial charge in [-0.05, 0) is 44.2 Å². The Balaban J connectivity index is 2.64. The van der Waals surface area contributed by atoms with Crippen molar-refractivity contribution in [1.29, 1.82) is 0 Å². The molecule has 6 heteroatoms. The second kappa shape index (κ2) is 7.29. The highest BCUT2D eigenvalue weighted by Gasteiger charge is 1.99. The predicted octanol–water partition coefficient (Wildman–Crippen LogP) is 0.412. The Labute approximate surface area is 107 Å². The third-order valence-corrected chi connectivity index (χ3v) is 2.08. The van der Waals surface area contributed by atoms with E-state index in [1.54, 1.807) is 6.92 Å².